The molecule has 2 aliphatic heterocycles. The number of carbonyl (C=O) groups is 2. The van der Waals surface area contributed by atoms with Gasteiger partial charge in [0.2, 0.25) is 5.91 Å². The third kappa shape index (κ3) is 4.45. The van der Waals surface area contributed by atoms with Crippen LogP contribution in [0.25, 0.3) is 0 Å². The van der Waals surface area contributed by atoms with Gasteiger partial charge < -0.3 is 15.0 Å². The Bertz CT molecular complexity index is 930. The van der Waals surface area contributed by atoms with Crippen LogP contribution in [0.3, 0.4) is 0 Å². The highest BCUT2D eigenvalue weighted by Crippen LogP contribution is 2.37. The molecule has 4 rings (SSSR count). The highest BCUT2D eigenvalue weighted by atomic mass is 32.1. The number of alkyl halides is 3. The molecule has 2 atom stereocenters. The van der Waals surface area contributed by atoms with Crippen molar-refractivity contribution in [1.29, 1.82) is 0 Å². The van der Waals surface area contributed by atoms with Crippen LogP contribution < -0.4 is 10.1 Å². The summed E-state index contributed by atoms with van der Waals surface area (Å²) in [6.07, 6.45) is -3.00. The number of amides is 2. The van der Waals surface area contributed by atoms with Crippen molar-refractivity contribution in [2.75, 3.05) is 25.0 Å². The molecule has 3 heterocycles. The lowest BCUT2D eigenvalue weighted by molar-refractivity contribution is -0.137. The number of anilines is 1. The van der Waals surface area contributed by atoms with Gasteiger partial charge in [0.15, 0.2) is 0 Å². The van der Waals surface area contributed by atoms with Gasteiger partial charge in [-0.25, -0.2) is 0 Å². The number of likely N-dealkylation sites (tertiary alicyclic amines) is 1. The predicted molar refractivity (Wildman–Crippen MR) is 107 cm³/mol. The van der Waals surface area contributed by atoms with Crippen LogP contribution in [0.2, 0.25) is 0 Å². The van der Waals surface area contributed by atoms with Crippen molar-refractivity contribution in [1.82, 2.24) is 4.90 Å². The summed E-state index contributed by atoms with van der Waals surface area (Å²) in [4.78, 5) is 27.8. The smallest absolute Gasteiger partial charge is 0.416 e. The van der Waals surface area contributed by atoms with Crippen LogP contribution in [0.5, 0.6) is 5.75 Å². The summed E-state index contributed by atoms with van der Waals surface area (Å²) in [5, 5.41) is 4.45. The van der Waals surface area contributed by atoms with E-state index in [1.807, 2.05) is 16.3 Å². The SMILES string of the molecule is O=C1C[C@@H]2CCN(C(=O)c3cccs3)C[C@@H]2CCOc2ccc(C(F)(F)F)cc2N1. The molecule has 30 heavy (non-hydrogen) atoms. The highest BCUT2D eigenvalue weighted by Gasteiger charge is 2.35. The molecule has 2 amide bonds. The Kier molecular flexibility index (Phi) is 5.73. The number of halogens is 3. The number of hydrogen-bond donors (Lipinski definition) is 1. The largest absolute Gasteiger partial charge is 0.491 e. The van der Waals surface area contributed by atoms with Gasteiger partial charge in [0.05, 0.1) is 22.7 Å². The monoisotopic (exact) mass is 438 g/mol. The van der Waals surface area contributed by atoms with Crippen LogP contribution in [0.4, 0.5) is 18.9 Å². The lowest BCUT2D eigenvalue weighted by atomic mass is 9.81. The molecule has 160 valence electrons. The van der Waals surface area contributed by atoms with Gasteiger partial charge in [-0.15, -0.1) is 11.3 Å². The predicted octanol–water partition coefficient (Wildman–Crippen LogP) is 4.66. The van der Waals surface area contributed by atoms with Gasteiger partial charge in [0.25, 0.3) is 5.91 Å². The Balaban J connectivity index is 1.50. The zero-order chi connectivity index (χ0) is 21.3. The third-order valence-electron chi connectivity index (χ3n) is 5.69. The van der Waals surface area contributed by atoms with Crippen LogP contribution in [0, 0.1) is 11.8 Å². The summed E-state index contributed by atoms with van der Waals surface area (Å²) >= 11 is 1.40. The first-order valence-electron chi connectivity index (χ1n) is 9.78. The molecule has 0 aliphatic carbocycles. The van der Waals surface area contributed by atoms with Crippen LogP contribution in [-0.2, 0) is 11.0 Å². The second-order valence-corrected chi connectivity index (χ2v) is 8.58. The first kappa shape index (κ1) is 20.7. The van der Waals surface area contributed by atoms with Gasteiger partial charge >= 0.3 is 6.18 Å². The fourth-order valence-electron chi connectivity index (χ4n) is 4.11. The van der Waals surface area contributed by atoms with Gasteiger partial charge in [-0.05, 0) is 54.3 Å². The number of rotatable bonds is 1. The lowest BCUT2D eigenvalue weighted by Gasteiger charge is -2.38. The molecular formula is C21H21F3N2O3S. The van der Waals surface area contributed by atoms with Crippen LogP contribution in [-0.4, -0.2) is 36.4 Å². The van der Waals surface area contributed by atoms with E-state index < -0.39 is 11.7 Å². The molecule has 1 saturated heterocycles. The van der Waals surface area contributed by atoms with E-state index >= 15 is 0 Å². The molecule has 0 unspecified atom stereocenters. The molecule has 0 saturated carbocycles. The Morgan fingerprint density at radius 1 is 1.20 bits per heavy atom. The molecule has 1 N–H and O–H groups in total. The fraction of sp³-hybridized carbons (Fsp3) is 0.429. The standard InChI is InChI=1S/C21H21F3N2O3S/c22-21(23,24)15-3-4-17-16(11-15)25-19(27)10-13-5-7-26(12-14(13)6-8-29-17)20(28)18-2-1-9-30-18/h1-4,9,11,13-14H,5-8,10,12H2,(H,25,27)/t13-,14-/m0/s1. The number of ether oxygens (including phenoxy) is 1. The minimum atomic E-state index is -4.50. The molecule has 5 nitrogen and oxygen atoms in total. The molecule has 0 bridgehead atoms. The maximum absolute atomic E-state index is 13.0. The number of hydrogen-bond acceptors (Lipinski definition) is 4. The summed E-state index contributed by atoms with van der Waals surface area (Å²) < 4.78 is 44.8. The minimum absolute atomic E-state index is 0.00376. The van der Waals surface area contributed by atoms with Crippen molar-refractivity contribution in [3.8, 4) is 5.75 Å². The Hall–Kier alpha value is -2.55. The Labute approximate surface area is 175 Å². The second kappa shape index (κ2) is 8.29. The molecule has 9 heteroatoms. The van der Waals surface area contributed by atoms with E-state index in [9.17, 15) is 22.8 Å². The number of nitrogens with one attached hydrogen (secondary N) is 1. The zero-order valence-electron chi connectivity index (χ0n) is 16.1. The minimum Gasteiger partial charge on any atom is -0.491 e. The number of piperidine rings is 1. The van der Waals surface area contributed by atoms with Crippen molar-refractivity contribution in [3.05, 3.63) is 46.2 Å². The van der Waals surface area contributed by atoms with Crippen molar-refractivity contribution in [2.24, 2.45) is 11.8 Å². The van der Waals surface area contributed by atoms with Gasteiger partial charge in [0.1, 0.15) is 5.75 Å². The maximum atomic E-state index is 13.0. The van der Waals surface area contributed by atoms with Crippen molar-refractivity contribution >= 4 is 28.8 Å². The van der Waals surface area contributed by atoms with Crippen molar-refractivity contribution in [2.45, 2.75) is 25.4 Å². The van der Waals surface area contributed by atoms with E-state index in [4.69, 9.17) is 4.74 Å². The van der Waals surface area contributed by atoms with Gasteiger partial charge in [-0.3, -0.25) is 9.59 Å². The average molecular weight is 438 g/mol. The van der Waals surface area contributed by atoms with E-state index in [0.717, 1.165) is 12.1 Å². The Morgan fingerprint density at radius 2 is 2.03 bits per heavy atom. The highest BCUT2D eigenvalue weighted by molar-refractivity contribution is 7.12. The lowest BCUT2D eigenvalue weighted by Crippen LogP contribution is -2.45. The van der Waals surface area contributed by atoms with Crippen molar-refractivity contribution < 1.29 is 27.5 Å². The van der Waals surface area contributed by atoms with Crippen LogP contribution in [0.15, 0.2) is 35.7 Å². The summed E-state index contributed by atoms with van der Waals surface area (Å²) in [5.74, 6) is 0.0138. The molecule has 2 aromatic rings. The summed E-state index contributed by atoms with van der Waals surface area (Å²) in [7, 11) is 0. The van der Waals surface area contributed by atoms with E-state index in [-0.39, 0.29) is 41.5 Å². The first-order chi connectivity index (χ1) is 14.3. The Morgan fingerprint density at radius 3 is 2.77 bits per heavy atom. The average Bonchev–Trinajstić information content (AvgIpc) is 3.23. The zero-order valence-corrected chi connectivity index (χ0v) is 16.9. The topological polar surface area (TPSA) is 58.6 Å². The number of benzene rings is 1. The molecule has 2 aliphatic rings. The normalized spacial score (nSPS) is 22.4. The van der Waals surface area contributed by atoms with E-state index in [1.54, 1.807) is 6.07 Å². The summed E-state index contributed by atoms with van der Waals surface area (Å²) in [6.45, 7) is 1.40. The van der Waals surface area contributed by atoms with Gasteiger partial charge in [0, 0.05) is 19.5 Å². The molecule has 0 spiro atoms. The van der Waals surface area contributed by atoms with Crippen LogP contribution in [0.1, 0.15) is 34.5 Å². The van der Waals surface area contributed by atoms with E-state index in [0.29, 0.717) is 37.4 Å². The summed E-state index contributed by atoms with van der Waals surface area (Å²) in [6, 6.07) is 6.74. The van der Waals surface area contributed by atoms with E-state index in [2.05, 4.69) is 5.32 Å². The fourth-order valence-corrected chi connectivity index (χ4v) is 4.80. The molecule has 1 aromatic carbocycles. The van der Waals surface area contributed by atoms with Gasteiger partial charge in [-0.2, -0.15) is 13.2 Å². The molecule has 0 radical (unpaired) electrons. The molecular weight excluding hydrogens is 417 g/mol. The molecule has 1 fully saturated rings. The summed E-state index contributed by atoms with van der Waals surface area (Å²) in [5.41, 5.74) is -0.793. The number of fused-ring (bicyclic) bond motifs is 2. The number of carbonyl (C=O) groups excluding carboxylic acids is 2. The number of thiophene rings is 1. The van der Waals surface area contributed by atoms with E-state index in [1.165, 1.54) is 17.4 Å². The van der Waals surface area contributed by atoms with Crippen LogP contribution >= 0.6 is 11.3 Å². The third-order valence-corrected chi connectivity index (χ3v) is 6.54. The second-order valence-electron chi connectivity index (χ2n) is 7.64. The molecule has 1 aromatic heterocycles. The quantitative estimate of drug-likeness (QED) is 0.705. The van der Waals surface area contributed by atoms with Crippen molar-refractivity contribution in [3.63, 3.8) is 0 Å². The number of nitrogens with zero attached hydrogens (tertiary/aromatic N) is 1. The van der Waals surface area contributed by atoms with Gasteiger partial charge in [-0.1, -0.05) is 6.07 Å². The first-order valence-corrected chi connectivity index (χ1v) is 10.7. The maximum Gasteiger partial charge on any atom is 0.416 e.